The Labute approximate surface area is 137 Å². The molecule has 0 aromatic heterocycles. The molecule has 1 aromatic carbocycles. The number of carbonyl (C=O) groups is 1. The Morgan fingerprint density at radius 3 is 2.70 bits per heavy atom. The largest absolute Gasteiger partial charge is 0.497 e. The number of nitrogens with one attached hydrogen (secondary N) is 1. The van der Waals surface area contributed by atoms with Crippen molar-refractivity contribution in [1.82, 2.24) is 5.32 Å². The van der Waals surface area contributed by atoms with Gasteiger partial charge in [-0.1, -0.05) is 12.1 Å². The maximum atomic E-state index is 12.9. The number of ether oxygens (including phenoxy) is 1. The van der Waals surface area contributed by atoms with Crippen molar-refractivity contribution in [3.8, 4) is 5.75 Å². The van der Waals surface area contributed by atoms with Gasteiger partial charge in [0, 0.05) is 6.54 Å². The molecular weight excluding hydrogens is 290 g/mol. The van der Waals surface area contributed by atoms with E-state index in [0.717, 1.165) is 37.0 Å². The molecule has 0 saturated heterocycles. The zero-order valence-corrected chi connectivity index (χ0v) is 13.7. The quantitative estimate of drug-likeness (QED) is 0.898. The van der Waals surface area contributed by atoms with E-state index in [4.69, 9.17) is 4.74 Å². The summed E-state index contributed by atoms with van der Waals surface area (Å²) in [5.74, 6) is 2.00. The second-order valence-electron chi connectivity index (χ2n) is 8.00. The molecule has 0 spiro atoms. The van der Waals surface area contributed by atoms with Gasteiger partial charge in [-0.2, -0.15) is 0 Å². The van der Waals surface area contributed by atoms with Crippen molar-refractivity contribution in [1.29, 1.82) is 0 Å². The summed E-state index contributed by atoms with van der Waals surface area (Å²) < 4.78 is 5.23. The molecule has 4 saturated carbocycles. The molecule has 0 heterocycles. The van der Waals surface area contributed by atoms with Gasteiger partial charge in [0.2, 0.25) is 5.91 Å². The molecule has 2 N–H and O–H groups in total. The second kappa shape index (κ2) is 5.23. The number of carbonyl (C=O) groups excluding carboxylic acids is 1. The molecule has 5 rings (SSSR count). The molecule has 4 heteroatoms. The van der Waals surface area contributed by atoms with E-state index in [1.807, 2.05) is 24.3 Å². The predicted octanol–water partition coefficient (Wildman–Crippen LogP) is 2.64. The summed E-state index contributed by atoms with van der Waals surface area (Å²) in [6.45, 7) is 0.519. The van der Waals surface area contributed by atoms with Gasteiger partial charge in [0.1, 0.15) is 5.75 Å². The molecule has 1 amide bonds. The molecule has 0 radical (unpaired) electrons. The molecule has 4 aliphatic carbocycles. The highest BCUT2D eigenvalue weighted by molar-refractivity contribution is 5.83. The lowest BCUT2D eigenvalue weighted by molar-refractivity contribution is -0.178. The van der Waals surface area contributed by atoms with Crippen LogP contribution in [0.2, 0.25) is 0 Å². The summed E-state index contributed by atoms with van der Waals surface area (Å²) >= 11 is 0. The number of methoxy groups -OCH3 is 1. The van der Waals surface area contributed by atoms with Gasteiger partial charge in [-0.3, -0.25) is 4.79 Å². The highest BCUT2D eigenvalue weighted by atomic mass is 16.5. The monoisotopic (exact) mass is 315 g/mol. The summed E-state index contributed by atoms with van der Waals surface area (Å²) in [5, 5.41) is 13.9. The van der Waals surface area contributed by atoms with E-state index in [0.29, 0.717) is 24.8 Å². The Hall–Kier alpha value is -1.55. The van der Waals surface area contributed by atoms with Crippen LogP contribution in [0.4, 0.5) is 0 Å². The van der Waals surface area contributed by atoms with Crippen molar-refractivity contribution in [3.63, 3.8) is 0 Å². The number of hydrogen-bond acceptors (Lipinski definition) is 3. The maximum absolute atomic E-state index is 12.9. The van der Waals surface area contributed by atoms with E-state index < -0.39 is 5.60 Å². The topological polar surface area (TPSA) is 58.6 Å². The molecular formula is C19H25NO3. The average molecular weight is 315 g/mol. The van der Waals surface area contributed by atoms with Crippen molar-refractivity contribution >= 4 is 5.91 Å². The Balaban J connectivity index is 1.46. The number of aliphatic hydroxyl groups is 1. The van der Waals surface area contributed by atoms with Gasteiger partial charge in [0.05, 0.1) is 18.1 Å². The van der Waals surface area contributed by atoms with Gasteiger partial charge in [0.25, 0.3) is 0 Å². The van der Waals surface area contributed by atoms with E-state index >= 15 is 0 Å². The zero-order chi connectivity index (χ0) is 16.1. The van der Waals surface area contributed by atoms with E-state index in [-0.39, 0.29) is 11.3 Å². The number of rotatable bonds is 4. The van der Waals surface area contributed by atoms with Crippen LogP contribution >= 0.6 is 0 Å². The fourth-order valence-electron chi connectivity index (χ4n) is 5.63. The third-order valence-electron chi connectivity index (χ3n) is 6.10. The molecule has 124 valence electrons. The average Bonchev–Trinajstić information content (AvgIpc) is 2.50. The minimum Gasteiger partial charge on any atom is -0.497 e. The summed E-state index contributed by atoms with van der Waals surface area (Å²) in [4.78, 5) is 12.9. The van der Waals surface area contributed by atoms with Crippen molar-refractivity contribution in [2.24, 2.45) is 17.3 Å². The van der Waals surface area contributed by atoms with E-state index in [1.54, 1.807) is 7.11 Å². The Morgan fingerprint density at radius 1 is 1.30 bits per heavy atom. The number of benzene rings is 1. The first-order valence-corrected chi connectivity index (χ1v) is 8.64. The van der Waals surface area contributed by atoms with E-state index in [9.17, 15) is 9.90 Å². The van der Waals surface area contributed by atoms with E-state index in [1.165, 1.54) is 6.42 Å². The highest BCUT2D eigenvalue weighted by Gasteiger charge is 2.60. The van der Waals surface area contributed by atoms with Crippen LogP contribution in [0, 0.1) is 17.3 Å². The van der Waals surface area contributed by atoms with Crippen molar-refractivity contribution < 1.29 is 14.6 Å². The number of hydrogen-bond donors (Lipinski definition) is 2. The molecule has 23 heavy (non-hydrogen) atoms. The fourth-order valence-corrected chi connectivity index (χ4v) is 5.63. The summed E-state index contributed by atoms with van der Waals surface area (Å²) in [6, 6.07) is 7.79. The molecule has 4 fully saturated rings. The lowest BCUT2D eigenvalue weighted by atomic mass is 9.47. The molecule has 4 bridgehead atoms. The van der Waals surface area contributed by atoms with Crippen LogP contribution in [0.25, 0.3) is 0 Å². The first-order valence-electron chi connectivity index (χ1n) is 8.64. The maximum Gasteiger partial charge on any atom is 0.226 e. The van der Waals surface area contributed by atoms with Crippen molar-refractivity contribution in [2.45, 2.75) is 50.7 Å². The Bertz CT molecular complexity index is 613. The molecule has 4 aliphatic rings. The molecule has 0 aliphatic heterocycles. The van der Waals surface area contributed by atoms with Crippen LogP contribution < -0.4 is 10.1 Å². The summed E-state index contributed by atoms with van der Waals surface area (Å²) in [5.41, 5.74) is 0.121. The van der Waals surface area contributed by atoms with Crippen LogP contribution in [0.15, 0.2) is 24.3 Å². The van der Waals surface area contributed by atoms with Gasteiger partial charge in [-0.15, -0.1) is 0 Å². The minimum absolute atomic E-state index is 0.132. The van der Waals surface area contributed by atoms with E-state index in [2.05, 4.69) is 5.32 Å². The third-order valence-corrected chi connectivity index (χ3v) is 6.10. The van der Waals surface area contributed by atoms with Gasteiger partial charge in [-0.05, 0) is 68.1 Å². The Morgan fingerprint density at radius 2 is 2.04 bits per heavy atom. The van der Waals surface area contributed by atoms with Gasteiger partial charge in [0.15, 0.2) is 0 Å². The molecule has 2 unspecified atom stereocenters. The predicted molar refractivity (Wildman–Crippen MR) is 86.9 cm³/mol. The van der Waals surface area contributed by atoms with Crippen molar-refractivity contribution in [3.05, 3.63) is 29.8 Å². The first-order chi connectivity index (χ1) is 11.0. The van der Waals surface area contributed by atoms with Crippen LogP contribution in [0.5, 0.6) is 5.75 Å². The summed E-state index contributed by atoms with van der Waals surface area (Å²) in [6.07, 6.45) is 5.55. The number of amides is 1. The summed E-state index contributed by atoms with van der Waals surface area (Å²) in [7, 11) is 1.65. The first kappa shape index (κ1) is 15.0. The highest BCUT2D eigenvalue weighted by Crippen LogP contribution is 2.61. The van der Waals surface area contributed by atoms with Crippen molar-refractivity contribution in [2.75, 3.05) is 7.11 Å². The minimum atomic E-state index is -0.586. The van der Waals surface area contributed by atoms with Crippen LogP contribution in [0.3, 0.4) is 0 Å². The fraction of sp³-hybridized carbons (Fsp3) is 0.632. The normalized spacial score (nSPS) is 37.7. The molecule has 2 atom stereocenters. The van der Waals surface area contributed by atoms with Gasteiger partial charge >= 0.3 is 0 Å². The zero-order valence-electron chi connectivity index (χ0n) is 13.7. The Kier molecular flexibility index (Phi) is 3.41. The van der Waals surface area contributed by atoms with Gasteiger partial charge < -0.3 is 15.2 Å². The SMILES string of the molecule is COc1cccc(CNC(=O)C23CC4CC(CC(O)(C4)C2)C3)c1. The van der Waals surface area contributed by atoms with Gasteiger partial charge in [-0.25, -0.2) is 0 Å². The molecule has 1 aromatic rings. The second-order valence-corrected chi connectivity index (χ2v) is 8.00. The van der Waals surface area contributed by atoms with Crippen LogP contribution in [-0.4, -0.2) is 23.7 Å². The lowest BCUT2D eigenvalue weighted by Crippen LogP contribution is -2.60. The molecule has 4 nitrogen and oxygen atoms in total. The third kappa shape index (κ3) is 2.63. The van der Waals surface area contributed by atoms with Crippen LogP contribution in [-0.2, 0) is 11.3 Å². The standard InChI is InChI=1S/C19H25NO3/c1-23-16-4-2-3-13(6-16)11-20-17(21)18-7-14-5-15(8-18)10-19(22,9-14)12-18/h2-4,6,14-15,22H,5,7-12H2,1H3,(H,20,21). The van der Waals surface area contributed by atoms with Crippen LogP contribution in [0.1, 0.15) is 44.1 Å². The lowest BCUT2D eigenvalue weighted by Gasteiger charge is -2.59. The smallest absolute Gasteiger partial charge is 0.226 e.